The van der Waals surface area contributed by atoms with E-state index in [0.717, 1.165) is 60.6 Å². The van der Waals surface area contributed by atoms with Gasteiger partial charge in [0.05, 0.1) is 6.20 Å². The number of nitrogens with zero attached hydrogens (tertiary/aromatic N) is 4. The van der Waals surface area contributed by atoms with Crippen molar-refractivity contribution in [2.45, 2.75) is 52.0 Å². The molecule has 0 radical (unpaired) electrons. The summed E-state index contributed by atoms with van der Waals surface area (Å²) in [5.74, 6) is 1.89. The lowest BCUT2D eigenvalue weighted by atomic mass is 9.99. The molecule has 0 unspecified atom stereocenters. The van der Waals surface area contributed by atoms with Crippen molar-refractivity contribution in [1.29, 1.82) is 0 Å². The zero-order chi connectivity index (χ0) is 20.6. The summed E-state index contributed by atoms with van der Waals surface area (Å²) < 4.78 is 1.89. The monoisotopic (exact) mass is 395 g/mol. The van der Waals surface area contributed by atoms with Gasteiger partial charge < -0.3 is 15.3 Å². The standard InChI is InChI=1S/C23H33N5O/c1-4-7-10-18(5-2)16-24-21-15-22(26-23-19(6-3)17-25-28(21)23)27-13-9-8-11-20(27)12-14-29/h4-5,7,10,15,17,20,24,29H,2,6,8-9,11-14,16H2,1,3H3/b7-4-,18-10+/t20-/m0/s1. The van der Waals surface area contributed by atoms with Crippen molar-refractivity contribution in [3.63, 3.8) is 0 Å². The third kappa shape index (κ3) is 4.88. The van der Waals surface area contributed by atoms with Crippen LogP contribution >= 0.6 is 0 Å². The number of aliphatic hydroxyl groups is 1. The fourth-order valence-corrected chi connectivity index (χ4v) is 3.88. The van der Waals surface area contributed by atoms with Crippen LogP contribution in [0.2, 0.25) is 0 Å². The number of hydrogen-bond acceptors (Lipinski definition) is 5. The fraction of sp³-hybridized carbons (Fsp3) is 0.478. The third-order valence-corrected chi connectivity index (χ3v) is 5.53. The molecule has 1 aliphatic rings. The molecule has 6 heteroatoms. The van der Waals surface area contributed by atoms with Crippen molar-refractivity contribution < 1.29 is 5.11 Å². The van der Waals surface area contributed by atoms with E-state index in [1.54, 1.807) is 0 Å². The van der Waals surface area contributed by atoms with Gasteiger partial charge >= 0.3 is 0 Å². The molecule has 0 saturated carbocycles. The van der Waals surface area contributed by atoms with Gasteiger partial charge in [-0.1, -0.05) is 37.8 Å². The van der Waals surface area contributed by atoms with Gasteiger partial charge in [0, 0.05) is 37.4 Å². The Balaban J connectivity index is 1.97. The Bertz CT molecular complexity index is 881. The first-order valence-corrected chi connectivity index (χ1v) is 10.6. The van der Waals surface area contributed by atoms with Gasteiger partial charge in [0.2, 0.25) is 0 Å². The second-order valence-corrected chi connectivity index (χ2v) is 7.44. The van der Waals surface area contributed by atoms with Crippen LogP contribution < -0.4 is 10.2 Å². The van der Waals surface area contributed by atoms with Gasteiger partial charge in [0.15, 0.2) is 5.65 Å². The van der Waals surface area contributed by atoms with Crippen LogP contribution in [0.25, 0.3) is 5.65 Å². The minimum absolute atomic E-state index is 0.208. The second-order valence-electron chi connectivity index (χ2n) is 7.44. The van der Waals surface area contributed by atoms with Crippen molar-refractivity contribution in [1.82, 2.24) is 14.6 Å². The van der Waals surface area contributed by atoms with Crippen LogP contribution in [0.1, 0.15) is 45.1 Å². The number of aromatic nitrogens is 3. The molecule has 156 valence electrons. The van der Waals surface area contributed by atoms with Gasteiger partial charge in [-0.2, -0.15) is 9.61 Å². The molecule has 0 spiro atoms. The molecule has 1 fully saturated rings. The number of rotatable bonds is 9. The summed E-state index contributed by atoms with van der Waals surface area (Å²) in [5, 5.41) is 17.6. The number of aliphatic hydroxyl groups excluding tert-OH is 1. The summed E-state index contributed by atoms with van der Waals surface area (Å²) in [6, 6.07) is 2.42. The molecule has 0 bridgehead atoms. The van der Waals surface area contributed by atoms with E-state index >= 15 is 0 Å². The van der Waals surface area contributed by atoms with Crippen LogP contribution in [0.3, 0.4) is 0 Å². The van der Waals surface area contributed by atoms with Crippen molar-refractivity contribution >= 4 is 17.3 Å². The summed E-state index contributed by atoms with van der Waals surface area (Å²) in [5.41, 5.74) is 3.14. The van der Waals surface area contributed by atoms with E-state index in [2.05, 4.69) is 41.0 Å². The molecule has 0 aliphatic carbocycles. The average Bonchev–Trinajstić information content (AvgIpc) is 3.17. The summed E-state index contributed by atoms with van der Waals surface area (Å²) in [7, 11) is 0. The van der Waals surface area contributed by atoms with E-state index in [0.29, 0.717) is 12.6 Å². The fourth-order valence-electron chi connectivity index (χ4n) is 3.88. The molecule has 6 nitrogen and oxygen atoms in total. The zero-order valence-electron chi connectivity index (χ0n) is 17.6. The number of nitrogens with one attached hydrogen (secondary N) is 1. The van der Waals surface area contributed by atoms with E-state index in [-0.39, 0.29) is 6.61 Å². The highest BCUT2D eigenvalue weighted by Crippen LogP contribution is 2.28. The average molecular weight is 396 g/mol. The summed E-state index contributed by atoms with van der Waals surface area (Å²) >= 11 is 0. The van der Waals surface area contributed by atoms with Gasteiger partial charge in [0.1, 0.15) is 11.6 Å². The lowest BCUT2D eigenvalue weighted by molar-refractivity contribution is 0.262. The summed E-state index contributed by atoms with van der Waals surface area (Å²) in [6.45, 7) is 9.89. The number of anilines is 2. The van der Waals surface area contributed by atoms with Crippen LogP contribution in [0.4, 0.5) is 11.6 Å². The number of fused-ring (bicyclic) bond motifs is 1. The van der Waals surface area contributed by atoms with Crippen molar-refractivity contribution in [3.05, 3.63) is 54.3 Å². The predicted octanol–water partition coefficient (Wildman–Crippen LogP) is 4.13. The molecule has 3 heterocycles. The molecule has 0 amide bonds. The van der Waals surface area contributed by atoms with Gasteiger partial charge in [-0.3, -0.25) is 0 Å². The molecule has 2 aromatic rings. The minimum Gasteiger partial charge on any atom is -0.396 e. The van der Waals surface area contributed by atoms with Gasteiger partial charge in [-0.25, -0.2) is 4.98 Å². The highest BCUT2D eigenvalue weighted by molar-refractivity contribution is 5.62. The van der Waals surface area contributed by atoms with E-state index in [9.17, 15) is 5.11 Å². The van der Waals surface area contributed by atoms with Crippen molar-refractivity contribution in [3.8, 4) is 0 Å². The maximum atomic E-state index is 9.51. The first-order valence-electron chi connectivity index (χ1n) is 10.6. The Kier molecular flexibility index (Phi) is 7.47. The number of hydrogen-bond donors (Lipinski definition) is 2. The zero-order valence-corrected chi connectivity index (χ0v) is 17.6. The van der Waals surface area contributed by atoms with E-state index < -0.39 is 0 Å². The van der Waals surface area contributed by atoms with Crippen molar-refractivity contribution in [2.24, 2.45) is 0 Å². The highest BCUT2D eigenvalue weighted by atomic mass is 16.3. The van der Waals surface area contributed by atoms with E-state index in [1.807, 2.05) is 35.9 Å². The first kappa shape index (κ1) is 21.1. The van der Waals surface area contributed by atoms with E-state index in [4.69, 9.17) is 4.98 Å². The van der Waals surface area contributed by atoms with Gasteiger partial charge in [-0.15, -0.1) is 0 Å². The second kappa shape index (κ2) is 10.3. The Labute approximate surface area is 173 Å². The predicted molar refractivity (Wildman–Crippen MR) is 121 cm³/mol. The smallest absolute Gasteiger partial charge is 0.162 e. The Morgan fingerprint density at radius 3 is 3.00 bits per heavy atom. The van der Waals surface area contributed by atoms with Gasteiger partial charge in [0.25, 0.3) is 0 Å². The summed E-state index contributed by atoms with van der Waals surface area (Å²) in [4.78, 5) is 7.34. The Morgan fingerprint density at radius 2 is 2.28 bits per heavy atom. The normalized spacial score (nSPS) is 18.0. The Hall–Kier alpha value is -2.60. The molecule has 1 atom stereocenters. The maximum absolute atomic E-state index is 9.51. The lowest BCUT2D eigenvalue weighted by Gasteiger charge is -2.36. The van der Waals surface area contributed by atoms with Crippen LogP contribution in [0.15, 0.2) is 48.7 Å². The van der Waals surface area contributed by atoms with Crippen molar-refractivity contribution in [2.75, 3.05) is 29.9 Å². The molecule has 0 aromatic carbocycles. The number of allylic oxidation sites excluding steroid dienone is 3. The van der Waals surface area contributed by atoms with Crippen LogP contribution in [-0.4, -0.2) is 45.4 Å². The first-order chi connectivity index (χ1) is 14.2. The minimum atomic E-state index is 0.208. The maximum Gasteiger partial charge on any atom is 0.162 e. The van der Waals surface area contributed by atoms with Crippen LogP contribution in [0, 0.1) is 0 Å². The van der Waals surface area contributed by atoms with E-state index in [1.165, 1.54) is 6.42 Å². The SMILES string of the molecule is C=C/C(=C\C=C/C)CNc1cc(N2CCCC[C@H]2CCO)nc2c(CC)cnn12. The van der Waals surface area contributed by atoms with Crippen LogP contribution in [0.5, 0.6) is 0 Å². The van der Waals surface area contributed by atoms with Crippen LogP contribution in [-0.2, 0) is 6.42 Å². The molecule has 1 aliphatic heterocycles. The number of piperidine rings is 1. The Morgan fingerprint density at radius 1 is 1.41 bits per heavy atom. The third-order valence-electron chi connectivity index (χ3n) is 5.53. The molecular weight excluding hydrogens is 362 g/mol. The molecule has 2 N–H and O–H groups in total. The quantitative estimate of drug-likeness (QED) is 0.625. The topological polar surface area (TPSA) is 65.7 Å². The number of aryl methyl sites for hydroxylation is 1. The largest absolute Gasteiger partial charge is 0.396 e. The molecule has 2 aromatic heterocycles. The molecule has 3 rings (SSSR count). The molecule has 29 heavy (non-hydrogen) atoms. The summed E-state index contributed by atoms with van der Waals surface area (Å²) in [6.07, 6.45) is 15.0. The highest BCUT2D eigenvalue weighted by Gasteiger charge is 2.24. The van der Waals surface area contributed by atoms with Gasteiger partial charge in [-0.05, 0) is 44.6 Å². The lowest BCUT2D eigenvalue weighted by Crippen LogP contribution is -2.40. The molecular formula is C23H33N5O. The molecule has 1 saturated heterocycles.